The van der Waals surface area contributed by atoms with E-state index in [0.29, 0.717) is 5.75 Å². The fourth-order valence-corrected chi connectivity index (χ4v) is 17.2. The minimum Gasteiger partial charge on any atom is -0.508 e. The number of rotatable bonds is 10. The van der Waals surface area contributed by atoms with E-state index in [2.05, 4.69) is 83.0 Å². The normalized spacial score (nSPS) is 26.5. The molecule has 0 aliphatic carbocycles. The molecule has 2 saturated heterocycles. The highest BCUT2D eigenvalue weighted by molar-refractivity contribution is 9.26. The lowest BCUT2D eigenvalue weighted by Crippen LogP contribution is -2.22. The molecule has 0 radical (unpaired) electrons. The Morgan fingerprint density at radius 1 is 0.844 bits per heavy atom. The maximum atomic E-state index is 10.4. The topological polar surface area (TPSA) is 20.2 Å². The van der Waals surface area contributed by atoms with Gasteiger partial charge in [0.25, 0.3) is 0 Å². The quantitative estimate of drug-likeness (QED) is 0.229. The van der Waals surface area contributed by atoms with Crippen LogP contribution in [0.15, 0.2) is 18.2 Å². The van der Waals surface area contributed by atoms with Crippen molar-refractivity contribution in [2.24, 2.45) is 0 Å². The number of aryl methyl sites for hydroxylation is 1. The maximum absolute atomic E-state index is 10.4. The van der Waals surface area contributed by atoms with Crippen LogP contribution in [0, 0.1) is 0 Å². The lowest BCUT2D eigenvalue weighted by atomic mass is 9.85. The summed E-state index contributed by atoms with van der Waals surface area (Å²) in [5.41, 5.74) is 2.32. The van der Waals surface area contributed by atoms with Gasteiger partial charge in [-0.2, -0.15) is 0 Å². The molecule has 0 amide bonds. The third-order valence-corrected chi connectivity index (χ3v) is 17.5. The molecule has 1 nitrogen and oxygen atoms in total. The molecule has 182 valence electrons. The molecule has 2 bridgehead atoms. The van der Waals surface area contributed by atoms with Crippen molar-refractivity contribution in [1.82, 2.24) is 0 Å². The van der Waals surface area contributed by atoms with Gasteiger partial charge >= 0.3 is 0 Å². The predicted octanol–water partition coefficient (Wildman–Crippen LogP) is 10.3. The van der Waals surface area contributed by atoms with Gasteiger partial charge in [-0.05, 0) is 74.4 Å². The molecule has 2 fully saturated rings. The molecule has 0 saturated carbocycles. The van der Waals surface area contributed by atoms with E-state index in [1.54, 1.807) is 0 Å². The summed E-state index contributed by atoms with van der Waals surface area (Å²) in [6.45, 7) is 8.79. The first-order chi connectivity index (χ1) is 15.4. The maximum Gasteiger partial charge on any atom is 0.119 e. The van der Waals surface area contributed by atoms with Crippen LogP contribution < -0.4 is 0 Å². The number of benzene rings is 1. The van der Waals surface area contributed by atoms with Crippen molar-refractivity contribution in [3.8, 4) is 5.75 Å². The number of phenolic OH excluding ortho intramolecular Hbond substituents is 1. The second-order valence-electron chi connectivity index (χ2n) is 10.1. The molecular formula is C25H40OS6. The summed E-state index contributed by atoms with van der Waals surface area (Å²) < 4.78 is 0. The van der Waals surface area contributed by atoms with Gasteiger partial charge in [0.05, 0.1) is 0 Å². The Labute approximate surface area is 219 Å². The van der Waals surface area contributed by atoms with Crippen LogP contribution in [-0.2, 0) is 11.8 Å². The Bertz CT molecular complexity index is 691. The fourth-order valence-electron chi connectivity index (χ4n) is 4.46. The van der Waals surface area contributed by atoms with Crippen molar-refractivity contribution in [1.29, 1.82) is 0 Å². The average molecular weight is 549 g/mol. The average Bonchev–Trinajstić information content (AvgIpc) is 3.24. The van der Waals surface area contributed by atoms with Crippen molar-refractivity contribution in [3.05, 3.63) is 29.3 Å². The molecule has 7 heteroatoms. The first-order valence-electron chi connectivity index (χ1n) is 12.2. The number of aromatic hydroxyl groups is 1. The standard InChI is InChI=1S/C25H40OS6/c1-5-11-21-23-17-24(28-27-23)22(30-32-31-29-21)13-10-8-6-7-9-12-18-14-15-19(20(26)16-18)25(2,3)4/h14-16,21-24,26H,5-13,17H2,1-4H3. The van der Waals surface area contributed by atoms with Crippen LogP contribution in [0.5, 0.6) is 5.75 Å². The summed E-state index contributed by atoms with van der Waals surface area (Å²) in [6, 6.07) is 6.31. The predicted molar refractivity (Wildman–Crippen MR) is 158 cm³/mol. The number of unbranched alkanes of at least 4 members (excludes halogenated alkanes) is 4. The highest BCUT2D eigenvalue weighted by Crippen LogP contribution is 2.59. The van der Waals surface area contributed by atoms with Crippen molar-refractivity contribution >= 4 is 62.8 Å². The van der Waals surface area contributed by atoms with Crippen LogP contribution in [0.25, 0.3) is 0 Å². The Balaban J connectivity index is 1.32. The van der Waals surface area contributed by atoms with Crippen LogP contribution in [0.1, 0.15) is 96.6 Å². The van der Waals surface area contributed by atoms with Gasteiger partial charge in [-0.1, -0.05) is 115 Å². The monoisotopic (exact) mass is 548 g/mol. The Hall–Kier alpha value is 1.12. The van der Waals surface area contributed by atoms with Crippen molar-refractivity contribution < 1.29 is 5.11 Å². The summed E-state index contributed by atoms with van der Waals surface area (Å²) in [5, 5.41) is 13.7. The third-order valence-electron chi connectivity index (χ3n) is 6.35. The van der Waals surface area contributed by atoms with E-state index in [0.717, 1.165) is 33.0 Å². The minimum atomic E-state index is 0.000351. The Morgan fingerprint density at radius 3 is 2.09 bits per heavy atom. The highest BCUT2D eigenvalue weighted by Gasteiger charge is 2.38. The van der Waals surface area contributed by atoms with Gasteiger partial charge in [-0.15, -0.1) is 0 Å². The fraction of sp³-hybridized carbons (Fsp3) is 0.760. The lowest BCUT2D eigenvalue weighted by molar-refractivity contribution is 0.445. The van der Waals surface area contributed by atoms with Crippen LogP contribution in [0.2, 0.25) is 0 Å². The molecule has 2 heterocycles. The van der Waals surface area contributed by atoms with E-state index in [1.165, 1.54) is 63.4 Å². The zero-order chi connectivity index (χ0) is 23.0. The molecule has 4 unspecified atom stereocenters. The van der Waals surface area contributed by atoms with Crippen LogP contribution in [0.3, 0.4) is 0 Å². The van der Waals surface area contributed by atoms with Crippen LogP contribution in [-0.4, -0.2) is 26.1 Å². The van der Waals surface area contributed by atoms with Crippen LogP contribution in [0.4, 0.5) is 0 Å². The van der Waals surface area contributed by atoms with Crippen LogP contribution >= 0.6 is 62.8 Å². The van der Waals surface area contributed by atoms with E-state index in [9.17, 15) is 5.11 Å². The molecule has 32 heavy (non-hydrogen) atoms. The molecule has 3 rings (SSSR count). The van der Waals surface area contributed by atoms with Gasteiger partial charge < -0.3 is 5.11 Å². The summed E-state index contributed by atoms with van der Waals surface area (Å²) in [4.78, 5) is 0. The van der Waals surface area contributed by atoms with Gasteiger partial charge in [-0.3, -0.25) is 0 Å². The van der Waals surface area contributed by atoms with Gasteiger partial charge in [0.2, 0.25) is 0 Å². The second-order valence-corrected chi connectivity index (χ2v) is 19.1. The van der Waals surface area contributed by atoms with E-state index in [4.69, 9.17) is 0 Å². The minimum absolute atomic E-state index is 0.000351. The molecule has 2 aliphatic heterocycles. The number of phenols is 1. The molecule has 4 atom stereocenters. The number of hydrogen-bond donors (Lipinski definition) is 1. The summed E-state index contributed by atoms with van der Waals surface area (Å²) in [6.07, 6.45) is 13.2. The zero-order valence-electron chi connectivity index (χ0n) is 20.0. The smallest absolute Gasteiger partial charge is 0.119 e. The molecular weight excluding hydrogens is 509 g/mol. The molecule has 0 spiro atoms. The Kier molecular flexibility index (Phi) is 12.1. The summed E-state index contributed by atoms with van der Waals surface area (Å²) in [5.74, 6) is 0.461. The van der Waals surface area contributed by atoms with E-state index in [-0.39, 0.29) is 5.41 Å². The highest BCUT2D eigenvalue weighted by atomic mass is 33.7. The molecule has 1 aromatic carbocycles. The first kappa shape index (κ1) is 27.7. The van der Waals surface area contributed by atoms with E-state index in [1.807, 2.05) is 25.7 Å². The second kappa shape index (κ2) is 14.0. The lowest BCUT2D eigenvalue weighted by Gasteiger charge is -2.21. The number of hydrogen-bond acceptors (Lipinski definition) is 7. The van der Waals surface area contributed by atoms with Gasteiger partial charge in [0.1, 0.15) is 5.75 Å². The molecule has 2 aliphatic rings. The van der Waals surface area contributed by atoms with Gasteiger partial charge in [-0.25, -0.2) is 0 Å². The van der Waals surface area contributed by atoms with E-state index >= 15 is 0 Å². The largest absolute Gasteiger partial charge is 0.508 e. The van der Waals surface area contributed by atoms with Gasteiger partial charge in [0.15, 0.2) is 0 Å². The summed E-state index contributed by atoms with van der Waals surface area (Å²) >= 11 is 0. The van der Waals surface area contributed by atoms with Gasteiger partial charge in [0, 0.05) is 21.0 Å². The SMILES string of the molecule is CCCC1SSSSC(CCCCCCCc2ccc(C(C)(C)C)c(O)c2)C2CC1SS2. The van der Waals surface area contributed by atoms with Crippen molar-refractivity contribution in [2.75, 3.05) is 0 Å². The molecule has 1 aromatic rings. The van der Waals surface area contributed by atoms with E-state index < -0.39 is 0 Å². The summed E-state index contributed by atoms with van der Waals surface area (Å²) in [7, 11) is 12.8. The zero-order valence-corrected chi connectivity index (χ0v) is 24.9. The van der Waals surface area contributed by atoms with Crippen molar-refractivity contribution in [3.63, 3.8) is 0 Å². The third kappa shape index (κ3) is 8.65. The van der Waals surface area contributed by atoms with Crippen molar-refractivity contribution in [2.45, 2.75) is 118 Å². The Morgan fingerprint density at radius 2 is 1.47 bits per heavy atom. The number of fused-ring (bicyclic) bond motifs is 2. The first-order valence-corrected chi connectivity index (χ1v) is 19.4. The molecule has 1 N–H and O–H groups in total. The molecule has 0 aromatic heterocycles.